The lowest BCUT2D eigenvalue weighted by Crippen LogP contribution is -2.14. The molecular weight excluding hydrogens is 134 g/mol. The van der Waals surface area contributed by atoms with Crippen LogP contribution < -0.4 is 0 Å². The molecule has 0 aromatic rings. The van der Waals surface area contributed by atoms with Gasteiger partial charge in [0, 0.05) is 6.54 Å². The fourth-order valence-corrected chi connectivity index (χ4v) is 0.797. The fraction of sp³-hybridized carbons (Fsp3) is 0.400. The van der Waals surface area contributed by atoms with Crippen LogP contribution in [0.5, 0.6) is 0 Å². The Kier molecular flexibility index (Phi) is 5.49. The molecular formula is C10H17N. The SMILES string of the molecule is C=C/C=C\C(=C/C)CN(C)C. The summed E-state index contributed by atoms with van der Waals surface area (Å²) < 4.78 is 0. The van der Waals surface area contributed by atoms with Gasteiger partial charge in [-0.2, -0.15) is 0 Å². The lowest BCUT2D eigenvalue weighted by atomic mass is 10.2. The summed E-state index contributed by atoms with van der Waals surface area (Å²) in [6, 6.07) is 0. The number of likely N-dealkylation sites (N-methyl/N-ethyl adjacent to an activating group) is 1. The Labute approximate surface area is 69.7 Å². The summed E-state index contributed by atoms with van der Waals surface area (Å²) in [7, 11) is 4.12. The highest BCUT2D eigenvalue weighted by molar-refractivity contribution is 5.22. The van der Waals surface area contributed by atoms with Crippen LogP contribution in [0.15, 0.2) is 36.5 Å². The molecule has 0 saturated heterocycles. The van der Waals surface area contributed by atoms with Crippen LogP contribution in [0.3, 0.4) is 0 Å². The van der Waals surface area contributed by atoms with E-state index in [-0.39, 0.29) is 0 Å². The topological polar surface area (TPSA) is 3.24 Å². The van der Waals surface area contributed by atoms with Crippen molar-refractivity contribution in [1.29, 1.82) is 0 Å². The van der Waals surface area contributed by atoms with Crippen molar-refractivity contribution < 1.29 is 0 Å². The van der Waals surface area contributed by atoms with E-state index in [1.807, 2.05) is 13.0 Å². The summed E-state index contributed by atoms with van der Waals surface area (Å²) in [4.78, 5) is 2.14. The van der Waals surface area contributed by atoms with E-state index in [1.54, 1.807) is 6.08 Å². The highest BCUT2D eigenvalue weighted by Gasteiger charge is 1.91. The summed E-state index contributed by atoms with van der Waals surface area (Å²) >= 11 is 0. The summed E-state index contributed by atoms with van der Waals surface area (Å²) in [6.07, 6.45) is 7.94. The summed E-state index contributed by atoms with van der Waals surface area (Å²) in [5, 5.41) is 0. The molecule has 0 rings (SSSR count). The smallest absolute Gasteiger partial charge is 0.0224 e. The Hall–Kier alpha value is -0.820. The molecule has 0 aliphatic carbocycles. The molecule has 0 atom stereocenters. The first kappa shape index (κ1) is 10.2. The maximum absolute atomic E-state index is 3.62. The summed E-state index contributed by atoms with van der Waals surface area (Å²) in [5.74, 6) is 0. The summed E-state index contributed by atoms with van der Waals surface area (Å²) in [5.41, 5.74) is 1.31. The number of rotatable bonds is 4. The van der Waals surface area contributed by atoms with Crippen LogP contribution in [0.4, 0.5) is 0 Å². The first-order valence-electron chi connectivity index (χ1n) is 3.79. The van der Waals surface area contributed by atoms with Crippen molar-refractivity contribution in [3.8, 4) is 0 Å². The van der Waals surface area contributed by atoms with E-state index in [4.69, 9.17) is 0 Å². The van der Waals surface area contributed by atoms with Crippen molar-refractivity contribution in [2.24, 2.45) is 0 Å². The van der Waals surface area contributed by atoms with E-state index in [0.29, 0.717) is 0 Å². The third-order valence-electron chi connectivity index (χ3n) is 1.32. The predicted octanol–water partition coefficient (Wildman–Crippen LogP) is 2.24. The number of nitrogens with zero attached hydrogens (tertiary/aromatic N) is 1. The standard InChI is InChI=1S/C10H17N/c1-5-7-8-10(6-2)9-11(3)4/h5-8H,1,9H2,2-4H3/b8-7-,10-6+. The van der Waals surface area contributed by atoms with E-state index in [2.05, 4.69) is 37.7 Å². The van der Waals surface area contributed by atoms with Gasteiger partial charge in [0.05, 0.1) is 0 Å². The molecule has 0 heterocycles. The van der Waals surface area contributed by atoms with Crippen molar-refractivity contribution in [2.75, 3.05) is 20.6 Å². The maximum atomic E-state index is 3.62. The molecule has 11 heavy (non-hydrogen) atoms. The minimum absolute atomic E-state index is 0.987. The van der Waals surface area contributed by atoms with Gasteiger partial charge in [-0.05, 0) is 26.6 Å². The monoisotopic (exact) mass is 151 g/mol. The number of hydrogen-bond acceptors (Lipinski definition) is 1. The van der Waals surface area contributed by atoms with E-state index < -0.39 is 0 Å². The largest absolute Gasteiger partial charge is 0.305 e. The van der Waals surface area contributed by atoms with E-state index >= 15 is 0 Å². The lowest BCUT2D eigenvalue weighted by Gasteiger charge is -2.09. The molecule has 0 aromatic carbocycles. The second kappa shape index (κ2) is 5.93. The van der Waals surface area contributed by atoms with Crippen molar-refractivity contribution >= 4 is 0 Å². The van der Waals surface area contributed by atoms with Crippen LogP contribution in [0.1, 0.15) is 6.92 Å². The van der Waals surface area contributed by atoms with Crippen LogP contribution in [0.2, 0.25) is 0 Å². The molecule has 0 aliphatic rings. The van der Waals surface area contributed by atoms with Gasteiger partial charge in [-0.1, -0.05) is 30.9 Å². The second-order valence-corrected chi connectivity index (χ2v) is 2.70. The molecule has 0 aliphatic heterocycles. The van der Waals surface area contributed by atoms with Gasteiger partial charge in [0.1, 0.15) is 0 Å². The molecule has 0 radical (unpaired) electrons. The third kappa shape index (κ3) is 5.62. The highest BCUT2D eigenvalue weighted by atomic mass is 15.0. The second-order valence-electron chi connectivity index (χ2n) is 2.70. The van der Waals surface area contributed by atoms with Gasteiger partial charge in [0.15, 0.2) is 0 Å². The van der Waals surface area contributed by atoms with Gasteiger partial charge < -0.3 is 4.90 Å². The van der Waals surface area contributed by atoms with Crippen molar-refractivity contribution in [3.63, 3.8) is 0 Å². The molecule has 0 bridgehead atoms. The lowest BCUT2D eigenvalue weighted by molar-refractivity contribution is 0.449. The first-order valence-corrected chi connectivity index (χ1v) is 3.79. The maximum Gasteiger partial charge on any atom is 0.0224 e. The van der Waals surface area contributed by atoms with E-state index in [0.717, 1.165) is 6.54 Å². The molecule has 0 spiro atoms. The van der Waals surface area contributed by atoms with Crippen molar-refractivity contribution in [1.82, 2.24) is 4.90 Å². The quantitative estimate of drug-likeness (QED) is 0.557. The summed E-state index contributed by atoms with van der Waals surface area (Å²) in [6.45, 7) is 6.65. The Morgan fingerprint density at radius 3 is 2.45 bits per heavy atom. The average Bonchev–Trinajstić information content (AvgIpc) is 1.97. The van der Waals surface area contributed by atoms with Crippen LogP contribution in [-0.2, 0) is 0 Å². The molecule has 1 nitrogen and oxygen atoms in total. The molecule has 0 N–H and O–H groups in total. The van der Waals surface area contributed by atoms with Crippen LogP contribution in [0, 0.1) is 0 Å². The zero-order valence-electron chi connectivity index (χ0n) is 7.67. The average molecular weight is 151 g/mol. The van der Waals surface area contributed by atoms with E-state index in [1.165, 1.54) is 5.57 Å². The van der Waals surface area contributed by atoms with Crippen LogP contribution >= 0.6 is 0 Å². The van der Waals surface area contributed by atoms with Gasteiger partial charge in [-0.3, -0.25) is 0 Å². The Morgan fingerprint density at radius 2 is 2.09 bits per heavy atom. The number of allylic oxidation sites excluding steroid dienone is 3. The fourth-order valence-electron chi connectivity index (χ4n) is 0.797. The zero-order valence-corrected chi connectivity index (χ0v) is 7.67. The van der Waals surface area contributed by atoms with Gasteiger partial charge in [-0.25, -0.2) is 0 Å². The minimum atomic E-state index is 0.987. The van der Waals surface area contributed by atoms with Gasteiger partial charge in [0.25, 0.3) is 0 Å². The molecule has 0 aromatic heterocycles. The normalized spacial score (nSPS) is 12.9. The molecule has 0 amide bonds. The van der Waals surface area contributed by atoms with E-state index in [9.17, 15) is 0 Å². The zero-order chi connectivity index (χ0) is 8.69. The van der Waals surface area contributed by atoms with Crippen molar-refractivity contribution in [2.45, 2.75) is 6.92 Å². The van der Waals surface area contributed by atoms with Gasteiger partial charge >= 0.3 is 0 Å². The number of hydrogen-bond donors (Lipinski definition) is 0. The Bertz CT molecular complexity index is 164. The molecule has 0 fully saturated rings. The van der Waals surface area contributed by atoms with Crippen molar-refractivity contribution in [3.05, 3.63) is 36.5 Å². The predicted molar refractivity (Wildman–Crippen MR) is 51.6 cm³/mol. The molecule has 0 saturated carbocycles. The molecule has 1 heteroatoms. The first-order chi connectivity index (χ1) is 5.20. The molecule has 62 valence electrons. The third-order valence-corrected chi connectivity index (χ3v) is 1.32. The van der Waals surface area contributed by atoms with Gasteiger partial charge in [0.2, 0.25) is 0 Å². The highest BCUT2D eigenvalue weighted by Crippen LogP contribution is 1.97. The van der Waals surface area contributed by atoms with Gasteiger partial charge in [-0.15, -0.1) is 0 Å². The van der Waals surface area contributed by atoms with Crippen LogP contribution in [0.25, 0.3) is 0 Å². The Morgan fingerprint density at radius 1 is 1.45 bits per heavy atom. The Balaban J connectivity index is 3.98. The molecule has 0 unspecified atom stereocenters. The van der Waals surface area contributed by atoms with Crippen LogP contribution in [-0.4, -0.2) is 25.5 Å². The minimum Gasteiger partial charge on any atom is -0.305 e.